The Hall–Kier alpha value is -2.76. The van der Waals surface area contributed by atoms with Crippen LogP contribution in [0.3, 0.4) is 0 Å². The lowest BCUT2D eigenvalue weighted by Crippen LogP contribution is -2.50. The van der Waals surface area contributed by atoms with Crippen LogP contribution in [-0.4, -0.2) is 34.3 Å². The number of pyridine rings is 1. The van der Waals surface area contributed by atoms with E-state index in [0.717, 1.165) is 12.0 Å². The monoisotopic (exact) mass is 371 g/mol. The fourth-order valence-corrected chi connectivity index (χ4v) is 3.12. The number of amides is 2. The van der Waals surface area contributed by atoms with E-state index in [1.165, 1.54) is 19.2 Å². The first-order chi connectivity index (χ1) is 12.8. The van der Waals surface area contributed by atoms with Gasteiger partial charge in [-0.3, -0.25) is 14.6 Å². The summed E-state index contributed by atoms with van der Waals surface area (Å²) in [5.41, 5.74) is 2.05. The summed E-state index contributed by atoms with van der Waals surface area (Å²) < 4.78 is 12.8. The van der Waals surface area contributed by atoms with Gasteiger partial charge in [0.25, 0.3) is 0 Å². The summed E-state index contributed by atoms with van der Waals surface area (Å²) in [6.07, 6.45) is 9.41. The van der Waals surface area contributed by atoms with Gasteiger partial charge in [0.15, 0.2) is 0 Å². The van der Waals surface area contributed by atoms with E-state index in [4.69, 9.17) is 0 Å². The third-order valence-electron chi connectivity index (χ3n) is 4.47. The number of hydrogen-bond donors (Lipinski definition) is 1. The topological polar surface area (TPSA) is 62.3 Å². The number of carbonyl (C=O) groups is 2. The molecule has 0 aromatic carbocycles. The number of carbonyl (C=O) groups excluding carboxylic acids is 2. The molecular weight excluding hydrogens is 345 g/mol. The van der Waals surface area contributed by atoms with Crippen LogP contribution < -0.4 is 5.32 Å². The van der Waals surface area contributed by atoms with E-state index in [-0.39, 0.29) is 11.9 Å². The second-order valence-electron chi connectivity index (χ2n) is 7.05. The second kappa shape index (κ2) is 9.26. The molecule has 0 saturated carbocycles. The first-order valence-electron chi connectivity index (χ1n) is 9.00. The Morgan fingerprint density at radius 1 is 1.37 bits per heavy atom. The molecule has 5 nitrogen and oxygen atoms in total. The van der Waals surface area contributed by atoms with E-state index in [1.807, 2.05) is 13.8 Å². The van der Waals surface area contributed by atoms with Crippen LogP contribution in [0, 0.1) is 12.8 Å². The number of nitrogens with one attached hydrogen (secondary N) is 1. The van der Waals surface area contributed by atoms with Gasteiger partial charge in [-0.05, 0) is 55.9 Å². The predicted octanol–water partition coefficient (Wildman–Crippen LogP) is 3.94. The van der Waals surface area contributed by atoms with Gasteiger partial charge in [-0.25, -0.2) is 4.39 Å². The quantitative estimate of drug-likeness (QED) is 0.644. The molecule has 1 N–H and O–H groups in total. The highest BCUT2D eigenvalue weighted by molar-refractivity contribution is 6.39. The van der Waals surface area contributed by atoms with Crippen molar-refractivity contribution in [2.75, 3.05) is 11.9 Å². The summed E-state index contributed by atoms with van der Waals surface area (Å²) in [7, 11) is 0. The summed E-state index contributed by atoms with van der Waals surface area (Å²) >= 11 is 0. The number of halogens is 1. The molecule has 1 aliphatic rings. The van der Waals surface area contributed by atoms with Crippen molar-refractivity contribution < 1.29 is 14.0 Å². The van der Waals surface area contributed by atoms with Gasteiger partial charge in [0.1, 0.15) is 0 Å². The zero-order valence-electron chi connectivity index (χ0n) is 16.0. The maximum Gasteiger partial charge on any atom is 0.313 e. The molecule has 1 aromatic rings. The average molecular weight is 371 g/mol. The smallest absolute Gasteiger partial charge is 0.313 e. The normalized spacial score (nSPS) is 20.6. The van der Waals surface area contributed by atoms with E-state index < -0.39 is 11.8 Å². The number of anilines is 1. The highest BCUT2D eigenvalue weighted by atomic mass is 19.1. The Morgan fingerprint density at radius 3 is 2.78 bits per heavy atom. The van der Waals surface area contributed by atoms with Crippen molar-refractivity contribution in [2.24, 2.45) is 5.92 Å². The molecule has 2 rings (SSSR count). The summed E-state index contributed by atoms with van der Waals surface area (Å²) in [5.74, 6) is -1.31. The number of hydrogen-bond acceptors (Lipinski definition) is 3. The second-order valence-corrected chi connectivity index (χ2v) is 7.05. The molecule has 0 unspecified atom stereocenters. The molecule has 0 spiro atoms. The third kappa shape index (κ3) is 5.88. The van der Waals surface area contributed by atoms with Gasteiger partial charge in [-0.15, -0.1) is 0 Å². The molecule has 0 radical (unpaired) electrons. The maximum absolute atomic E-state index is 12.8. The van der Waals surface area contributed by atoms with Crippen molar-refractivity contribution >= 4 is 17.5 Å². The molecule has 27 heavy (non-hydrogen) atoms. The summed E-state index contributed by atoms with van der Waals surface area (Å²) in [6.45, 7) is 9.76. The fraction of sp³-hybridized carbons (Fsp3) is 0.381. The number of rotatable bonds is 4. The SMILES string of the molecule is C=C(/C=C\C=C(/C)F)[C@@H]1CC[C@H](C)CN1C(=O)C(=O)Nc1cncc(C)c1. The molecule has 0 bridgehead atoms. The van der Waals surface area contributed by atoms with Crippen LogP contribution in [-0.2, 0) is 9.59 Å². The molecule has 144 valence electrons. The Kier molecular flexibility index (Phi) is 7.05. The lowest BCUT2D eigenvalue weighted by molar-refractivity contribution is -0.145. The fourth-order valence-electron chi connectivity index (χ4n) is 3.12. The number of piperidine rings is 1. The van der Waals surface area contributed by atoms with Gasteiger partial charge >= 0.3 is 11.8 Å². The lowest BCUT2D eigenvalue weighted by atomic mass is 9.90. The van der Waals surface area contributed by atoms with Gasteiger partial charge < -0.3 is 10.2 Å². The Labute approximate surface area is 159 Å². The van der Waals surface area contributed by atoms with E-state index in [2.05, 4.69) is 16.9 Å². The molecule has 6 heteroatoms. The number of nitrogens with zero attached hydrogens (tertiary/aromatic N) is 2. The van der Waals surface area contributed by atoms with E-state index in [1.54, 1.807) is 29.3 Å². The van der Waals surface area contributed by atoms with Crippen LogP contribution in [0.15, 0.2) is 54.7 Å². The van der Waals surface area contributed by atoms with Crippen molar-refractivity contribution in [2.45, 2.75) is 39.7 Å². The van der Waals surface area contributed by atoms with Crippen LogP contribution in [0.2, 0.25) is 0 Å². The summed E-state index contributed by atoms with van der Waals surface area (Å²) in [6, 6.07) is 1.47. The Balaban J connectivity index is 2.13. The van der Waals surface area contributed by atoms with Gasteiger partial charge in [-0.2, -0.15) is 0 Å². The predicted molar refractivity (Wildman–Crippen MR) is 105 cm³/mol. The minimum absolute atomic E-state index is 0.278. The van der Waals surface area contributed by atoms with Gasteiger partial charge in [0, 0.05) is 12.7 Å². The van der Waals surface area contributed by atoms with Gasteiger partial charge in [0.2, 0.25) is 0 Å². The molecule has 1 saturated heterocycles. The molecule has 0 aliphatic carbocycles. The minimum atomic E-state index is -0.697. The molecule has 2 heterocycles. The summed E-state index contributed by atoms with van der Waals surface area (Å²) in [5, 5.41) is 2.61. The number of allylic oxidation sites excluding steroid dienone is 3. The maximum atomic E-state index is 12.8. The lowest BCUT2D eigenvalue weighted by Gasteiger charge is -2.38. The van der Waals surface area contributed by atoms with Crippen LogP contribution >= 0.6 is 0 Å². The summed E-state index contributed by atoms with van der Waals surface area (Å²) in [4.78, 5) is 30.8. The van der Waals surface area contributed by atoms with Crippen LogP contribution in [0.4, 0.5) is 10.1 Å². The van der Waals surface area contributed by atoms with Crippen molar-refractivity contribution in [1.82, 2.24) is 9.88 Å². The highest BCUT2D eigenvalue weighted by Crippen LogP contribution is 2.27. The van der Waals surface area contributed by atoms with Crippen molar-refractivity contribution in [3.63, 3.8) is 0 Å². The van der Waals surface area contributed by atoms with Crippen molar-refractivity contribution in [3.05, 3.63) is 60.2 Å². The zero-order valence-corrected chi connectivity index (χ0v) is 16.0. The Bertz CT molecular complexity index is 781. The van der Waals surface area contributed by atoms with Crippen LogP contribution in [0.25, 0.3) is 0 Å². The standard InChI is InChI=1S/C21H26FN3O2/c1-14-8-9-19(16(3)6-5-7-17(4)22)25(13-14)21(27)20(26)24-18-10-15(2)11-23-12-18/h5-7,10-12,14,19H,3,8-9,13H2,1-2,4H3,(H,24,26)/b6-5-,17-7+/t14-,19-/m0/s1. The van der Waals surface area contributed by atoms with Gasteiger partial charge in [-0.1, -0.05) is 25.7 Å². The minimum Gasteiger partial charge on any atom is -0.327 e. The Morgan fingerprint density at radius 2 is 2.11 bits per heavy atom. The van der Waals surface area contributed by atoms with E-state index in [9.17, 15) is 14.0 Å². The third-order valence-corrected chi connectivity index (χ3v) is 4.47. The average Bonchev–Trinajstić information content (AvgIpc) is 2.60. The van der Waals surface area contributed by atoms with Crippen molar-refractivity contribution in [1.29, 1.82) is 0 Å². The molecule has 2 atom stereocenters. The van der Waals surface area contributed by atoms with E-state index in [0.29, 0.717) is 30.1 Å². The van der Waals surface area contributed by atoms with E-state index >= 15 is 0 Å². The molecule has 1 aromatic heterocycles. The molecule has 1 aliphatic heterocycles. The number of aromatic nitrogens is 1. The zero-order chi connectivity index (χ0) is 20.0. The number of likely N-dealkylation sites (tertiary alicyclic amines) is 1. The number of aryl methyl sites for hydroxylation is 1. The molecule has 1 fully saturated rings. The first-order valence-corrected chi connectivity index (χ1v) is 9.00. The molecular formula is C21H26FN3O2. The highest BCUT2D eigenvalue weighted by Gasteiger charge is 2.34. The largest absolute Gasteiger partial charge is 0.327 e. The van der Waals surface area contributed by atoms with Crippen molar-refractivity contribution in [3.8, 4) is 0 Å². The van der Waals surface area contributed by atoms with Gasteiger partial charge in [0.05, 0.1) is 23.8 Å². The van der Waals surface area contributed by atoms with Crippen LogP contribution in [0.5, 0.6) is 0 Å². The molecule has 2 amide bonds. The van der Waals surface area contributed by atoms with Crippen LogP contribution in [0.1, 0.15) is 32.3 Å². The first kappa shape index (κ1) is 20.6.